The van der Waals surface area contributed by atoms with Gasteiger partial charge in [-0.25, -0.2) is 13.2 Å². The summed E-state index contributed by atoms with van der Waals surface area (Å²) in [5.41, 5.74) is 1.24. The first-order chi connectivity index (χ1) is 15.4. The summed E-state index contributed by atoms with van der Waals surface area (Å²) in [5, 5.41) is 13.1. The highest BCUT2D eigenvalue weighted by atomic mass is 32.2. The number of rotatable bonds is 8. The minimum atomic E-state index is -4.02. The van der Waals surface area contributed by atoms with Crippen LogP contribution in [0.1, 0.15) is 35.2 Å². The zero-order valence-corrected chi connectivity index (χ0v) is 18.7. The van der Waals surface area contributed by atoms with Crippen LogP contribution in [0.3, 0.4) is 0 Å². The van der Waals surface area contributed by atoms with E-state index in [9.17, 15) is 18.3 Å². The van der Waals surface area contributed by atoms with Crippen LogP contribution in [0.25, 0.3) is 0 Å². The van der Waals surface area contributed by atoms with Gasteiger partial charge in [-0.3, -0.25) is 4.72 Å². The second kappa shape index (κ2) is 7.97. The molecule has 5 rings (SSSR count). The molecule has 2 aromatic carbocycles. The van der Waals surface area contributed by atoms with E-state index in [-0.39, 0.29) is 21.9 Å². The Labute approximate surface area is 187 Å². The first kappa shape index (κ1) is 21.1. The molecule has 170 valence electrons. The normalized spacial score (nSPS) is 22.2. The van der Waals surface area contributed by atoms with Crippen LogP contribution in [-0.4, -0.2) is 57.2 Å². The number of carbonyl (C=O) groups is 1. The number of carboxylic acids is 1. The van der Waals surface area contributed by atoms with Crippen molar-refractivity contribution in [2.24, 2.45) is 11.8 Å². The molecule has 0 spiro atoms. The molecule has 0 aromatic heterocycles. The molecule has 2 aliphatic heterocycles. The van der Waals surface area contributed by atoms with Gasteiger partial charge < -0.3 is 20.1 Å². The Bertz CT molecular complexity index is 1160. The number of aromatic carboxylic acids is 1. The van der Waals surface area contributed by atoms with E-state index in [1.54, 1.807) is 24.3 Å². The van der Waals surface area contributed by atoms with Gasteiger partial charge in [0.1, 0.15) is 16.2 Å². The van der Waals surface area contributed by atoms with Crippen LogP contribution >= 0.6 is 0 Å². The molecule has 3 N–H and O–H groups in total. The second-order valence-electron chi connectivity index (χ2n) is 8.83. The standard InChI is InChI=1S/C23H27N3O5S/c1-2-26-11-14(12-26)10-24-18-5-3-4-6-20(18)32(29,30)25-19-8-7-16-17-9-15(17)13-31-22(16)21(19)23(27)28/h3-8,14-15,17,24-25H,2,9-13H2,1H3,(H,27,28)/t15-,17-/m0/s1. The monoisotopic (exact) mass is 457 g/mol. The molecule has 0 unspecified atom stereocenters. The number of benzene rings is 2. The molecule has 32 heavy (non-hydrogen) atoms. The van der Waals surface area contributed by atoms with Crippen LogP contribution in [-0.2, 0) is 10.0 Å². The summed E-state index contributed by atoms with van der Waals surface area (Å²) in [4.78, 5) is 14.5. The lowest BCUT2D eigenvalue weighted by Crippen LogP contribution is -2.49. The number of hydrogen-bond acceptors (Lipinski definition) is 6. The smallest absolute Gasteiger partial charge is 0.341 e. The molecule has 2 atom stereocenters. The van der Waals surface area contributed by atoms with Crippen LogP contribution in [0.15, 0.2) is 41.3 Å². The van der Waals surface area contributed by atoms with Gasteiger partial charge in [-0.1, -0.05) is 25.1 Å². The number of hydrogen-bond donors (Lipinski definition) is 3. The number of likely N-dealkylation sites (tertiary alicyclic amines) is 1. The fourth-order valence-corrected chi connectivity index (χ4v) is 5.97. The highest BCUT2D eigenvalue weighted by Gasteiger charge is 2.45. The van der Waals surface area contributed by atoms with Crippen LogP contribution in [0.5, 0.6) is 5.75 Å². The van der Waals surface area contributed by atoms with Gasteiger partial charge in [-0.2, -0.15) is 0 Å². The van der Waals surface area contributed by atoms with Gasteiger partial charge in [0.25, 0.3) is 10.0 Å². The molecule has 0 radical (unpaired) electrons. The minimum Gasteiger partial charge on any atom is -0.492 e. The number of nitrogens with one attached hydrogen (secondary N) is 2. The lowest BCUT2D eigenvalue weighted by Gasteiger charge is -2.38. The molecule has 9 heteroatoms. The van der Waals surface area contributed by atoms with Gasteiger partial charge in [0, 0.05) is 31.5 Å². The lowest BCUT2D eigenvalue weighted by atomic mass is 10.0. The third kappa shape index (κ3) is 3.80. The predicted octanol–water partition coefficient (Wildman–Crippen LogP) is 3.05. The van der Waals surface area contributed by atoms with E-state index in [0.29, 0.717) is 36.6 Å². The number of nitrogens with zero attached hydrogens (tertiary/aromatic N) is 1. The van der Waals surface area contributed by atoms with Crippen molar-refractivity contribution in [1.82, 2.24) is 4.90 Å². The summed E-state index contributed by atoms with van der Waals surface area (Å²) in [6, 6.07) is 10.0. The summed E-state index contributed by atoms with van der Waals surface area (Å²) >= 11 is 0. The summed E-state index contributed by atoms with van der Waals surface area (Å²) in [7, 11) is -4.02. The molecule has 3 aliphatic rings. The third-order valence-electron chi connectivity index (χ3n) is 6.65. The van der Waals surface area contributed by atoms with Crippen molar-refractivity contribution in [2.75, 3.05) is 42.8 Å². The maximum atomic E-state index is 13.3. The molecule has 2 heterocycles. The van der Waals surface area contributed by atoms with E-state index in [1.165, 1.54) is 12.1 Å². The van der Waals surface area contributed by atoms with E-state index < -0.39 is 16.0 Å². The van der Waals surface area contributed by atoms with Crippen molar-refractivity contribution < 1.29 is 23.1 Å². The van der Waals surface area contributed by atoms with E-state index in [4.69, 9.17) is 4.74 Å². The third-order valence-corrected chi connectivity index (χ3v) is 8.07. The Morgan fingerprint density at radius 3 is 2.72 bits per heavy atom. The van der Waals surface area contributed by atoms with Crippen molar-refractivity contribution >= 4 is 27.4 Å². The highest BCUT2D eigenvalue weighted by molar-refractivity contribution is 7.92. The molecular formula is C23H27N3O5S. The Kier molecular flexibility index (Phi) is 5.25. The number of fused-ring (bicyclic) bond motifs is 3. The quantitative estimate of drug-likeness (QED) is 0.559. The van der Waals surface area contributed by atoms with E-state index >= 15 is 0 Å². The maximum absolute atomic E-state index is 13.3. The number of para-hydroxylation sites is 1. The molecule has 1 aliphatic carbocycles. The lowest BCUT2D eigenvalue weighted by molar-refractivity contribution is 0.0692. The van der Waals surface area contributed by atoms with Gasteiger partial charge in [0.15, 0.2) is 0 Å². The number of ether oxygens (including phenoxy) is 1. The van der Waals surface area contributed by atoms with Crippen molar-refractivity contribution in [2.45, 2.75) is 24.2 Å². The van der Waals surface area contributed by atoms with E-state index in [0.717, 1.165) is 31.6 Å². The minimum absolute atomic E-state index is 0.0164. The molecule has 1 saturated carbocycles. The number of anilines is 2. The molecule has 1 saturated heterocycles. The average molecular weight is 458 g/mol. The molecule has 0 bridgehead atoms. The van der Waals surface area contributed by atoms with Gasteiger partial charge in [-0.05, 0) is 42.6 Å². The second-order valence-corrected chi connectivity index (χ2v) is 10.5. The number of sulfonamides is 1. The molecule has 0 amide bonds. The summed E-state index contributed by atoms with van der Waals surface area (Å²) < 4.78 is 34.8. The SMILES string of the molecule is CCN1CC(CNc2ccccc2S(=O)(=O)Nc2ccc3c(c2C(=O)O)OC[C@@H]2C[C@H]32)C1. The van der Waals surface area contributed by atoms with Gasteiger partial charge in [0.05, 0.1) is 18.0 Å². The van der Waals surface area contributed by atoms with Gasteiger partial charge in [-0.15, -0.1) is 0 Å². The zero-order valence-electron chi connectivity index (χ0n) is 17.9. The van der Waals surface area contributed by atoms with Crippen molar-refractivity contribution in [3.63, 3.8) is 0 Å². The number of carboxylic acid groups (broad SMARTS) is 1. The Morgan fingerprint density at radius 2 is 1.97 bits per heavy atom. The molecular weight excluding hydrogens is 430 g/mol. The van der Waals surface area contributed by atoms with Crippen LogP contribution in [0, 0.1) is 11.8 Å². The zero-order chi connectivity index (χ0) is 22.5. The topological polar surface area (TPSA) is 108 Å². The first-order valence-corrected chi connectivity index (χ1v) is 12.5. The van der Waals surface area contributed by atoms with Crippen LogP contribution in [0.2, 0.25) is 0 Å². The average Bonchev–Trinajstić information content (AvgIpc) is 3.52. The molecule has 2 aromatic rings. The summed E-state index contributed by atoms with van der Waals surface area (Å²) in [5.74, 6) is 0.289. The largest absolute Gasteiger partial charge is 0.492 e. The summed E-state index contributed by atoms with van der Waals surface area (Å²) in [6.07, 6.45) is 0.979. The van der Waals surface area contributed by atoms with E-state index in [1.807, 2.05) is 0 Å². The summed E-state index contributed by atoms with van der Waals surface area (Å²) in [6.45, 7) is 6.28. The maximum Gasteiger partial charge on any atom is 0.341 e. The van der Waals surface area contributed by atoms with Gasteiger partial charge in [0.2, 0.25) is 0 Å². The van der Waals surface area contributed by atoms with E-state index in [2.05, 4.69) is 21.9 Å². The van der Waals surface area contributed by atoms with Crippen molar-refractivity contribution in [3.05, 3.63) is 47.5 Å². The molecule has 8 nitrogen and oxygen atoms in total. The van der Waals surface area contributed by atoms with Crippen LogP contribution < -0.4 is 14.8 Å². The molecule has 2 fully saturated rings. The van der Waals surface area contributed by atoms with Crippen molar-refractivity contribution in [3.8, 4) is 5.75 Å². The highest BCUT2D eigenvalue weighted by Crippen LogP contribution is 2.55. The first-order valence-electron chi connectivity index (χ1n) is 11.0. The fraction of sp³-hybridized carbons (Fsp3) is 0.435. The van der Waals surface area contributed by atoms with Crippen molar-refractivity contribution in [1.29, 1.82) is 0 Å². The predicted molar refractivity (Wildman–Crippen MR) is 121 cm³/mol. The Hall–Kier alpha value is -2.78. The van der Waals surface area contributed by atoms with Crippen LogP contribution in [0.4, 0.5) is 11.4 Å². The fourth-order valence-electron chi connectivity index (χ4n) is 4.71. The Morgan fingerprint density at radius 1 is 1.19 bits per heavy atom. The van der Waals surface area contributed by atoms with Gasteiger partial charge >= 0.3 is 5.97 Å². The Balaban J connectivity index is 1.40.